The summed E-state index contributed by atoms with van der Waals surface area (Å²) in [5, 5.41) is 0. The molecule has 110 valence electrons. The third-order valence-corrected chi connectivity index (χ3v) is 3.82. The Hall–Kier alpha value is -1.98. The first-order valence-corrected chi connectivity index (χ1v) is 6.03. The van der Waals surface area contributed by atoms with Crippen molar-refractivity contribution in [1.82, 2.24) is 0 Å². The molecule has 0 aliphatic heterocycles. The van der Waals surface area contributed by atoms with E-state index < -0.39 is 28.9 Å². The first-order chi connectivity index (χ1) is 9.68. The van der Waals surface area contributed by atoms with Crippen LogP contribution in [-0.2, 0) is 5.41 Å². The third-order valence-electron chi connectivity index (χ3n) is 3.82. The molecule has 4 aliphatic rings. The molecule has 0 amide bonds. The number of hydrogen-bond acceptors (Lipinski definition) is 0. The summed E-state index contributed by atoms with van der Waals surface area (Å²) < 4.78 is 81.2. The van der Waals surface area contributed by atoms with Crippen molar-refractivity contribution in [2.24, 2.45) is 0 Å². The van der Waals surface area contributed by atoms with Crippen molar-refractivity contribution in [3.05, 3.63) is 59.7 Å². The predicted octanol–water partition coefficient (Wildman–Crippen LogP) is 5.08. The molecular weight excluding hydrogens is 294 g/mol. The van der Waals surface area contributed by atoms with E-state index in [9.17, 15) is 26.3 Å². The van der Waals surface area contributed by atoms with Crippen LogP contribution in [0.25, 0.3) is 11.1 Å². The maximum absolute atomic E-state index is 13.5. The predicted molar refractivity (Wildman–Crippen MR) is 64.8 cm³/mol. The first-order valence-electron chi connectivity index (χ1n) is 6.03. The molecule has 6 heteroatoms. The number of halogens is 6. The Morgan fingerprint density at radius 1 is 0.524 bits per heavy atom. The molecule has 0 fully saturated rings. The van der Waals surface area contributed by atoms with Crippen LogP contribution >= 0.6 is 0 Å². The van der Waals surface area contributed by atoms with Crippen LogP contribution in [0.2, 0.25) is 0 Å². The molecule has 0 heterocycles. The lowest BCUT2D eigenvalue weighted by molar-refractivity contribution is -0.288. The standard InChI is InChI=1S/C15H8F6/c16-14(17,18)13(15(19,20)21)11-5-1-9(2-6-11)10-3-7-12(13)8-4-10/h1-8H. The van der Waals surface area contributed by atoms with Crippen LogP contribution in [0.5, 0.6) is 0 Å². The van der Waals surface area contributed by atoms with E-state index in [0.717, 1.165) is 24.3 Å². The smallest absolute Gasteiger partial charge is 0.169 e. The zero-order chi connectivity index (χ0) is 15.5. The normalized spacial score (nSPS) is 16.5. The highest BCUT2D eigenvalue weighted by Crippen LogP contribution is 2.56. The molecule has 0 aromatic heterocycles. The van der Waals surface area contributed by atoms with Crippen LogP contribution in [0.15, 0.2) is 48.5 Å². The Labute approximate surface area is 116 Å². The molecule has 21 heavy (non-hydrogen) atoms. The van der Waals surface area contributed by atoms with Crippen molar-refractivity contribution >= 4 is 0 Å². The number of hydrogen-bond donors (Lipinski definition) is 0. The van der Waals surface area contributed by atoms with Crippen molar-refractivity contribution in [1.29, 1.82) is 0 Å². The largest absolute Gasteiger partial charge is 0.411 e. The van der Waals surface area contributed by atoms with Gasteiger partial charge in [0.2, 0.25) is 5.41 Å². The van der Waals surface area contributed by atoms with Gasteiger partial charge in [-0.15, -0.1) is 0 Å². The highest BCUT2D eigenvalue weighted by Gasteiger charge is 2.72. The summed E-state index contributed by atoms with van der Waals surface area (Å²) in [6.45, 7) is 0. The zero-order valence-electron chi connectivity index (χ0n) is 10.4. The summed E-state index contributed by atoms with van der Waals surface area (Å²) in [6.07, 6.45) is -11.0. The highest BCUT2D eigenvalue weighted by atomic mass is 19.4. The average Bonchev–Trinajstić information content (AvgIpc) is 2.54. The van der Waals surface area contributed by atoms with Crippen LogP contribution in [0.1, 0.15) is 11.1 Å². The summed E-state index contributed by atoms with van der Waals surface area (Å²) in [4.78, 5) is 0. The second-order valence-corrected chi connectivity index (χ2v) is 4.90. The fourth-order valence-electron chi connectivity index (χ4n) is 2.81. The Morgan fingerprint density at radius 2 is 0.810 bits per heavy atom. The quantitative estimate of drug-likeness (QED) is 0.595. The van der Waals surface area contributed by atoms with Gasteiger partial charge in [-0.3, -0.25) is 0 Å². The zero-order valence-corrected chi connectivity index (χ0v) is 10.4. The van der Waals surface area contributed by atoms with Gasteiger partial charge in [-0.05, 0) is 22.3 Å². The molecule has 0 nitrogen and oxygen atoms in total. The van der Waals surface area contributed by atoms with E-state index in [1.165, 1.54) is 24.3 Å². The maximum atomic E-state index is 13.5. The first kappa shape index (κ1) is 14.0. The molecule has 0 atom stereocenters. The minimum atomic E-state index is -5.50. The summed E-state index contributed by atoms with van der Waals surface area (Å²) in [6, 6.07) is 8.71. The Balaban J connectivity index is 2.50. The molecule has 0 unspecified atom stereocenters. The van der Waals surface area contributed by atoms with E-state index in [4.69, 9.17) is 0 Å². The molecule has 2 aromatic rings. The topological polar surface area (TPSA) is 0 Å². The van der Waals surface area contributed by atoms with Crippen LogP contribution in [0, 0.1) is 0 Å². The molecule has 2 aromatic carbocycles. The van der Waals surface area contributed by atoms with Crippen molar-refractivity contribution < 1.29 is 26.3 Å². The van der Waals surface area contributed by atoms with Crippen LogP contribution in [0.4, 0.5) is 26.3 Å². The molecule has 0 saturated carbocycles. The molecule has 4 aliphatic carbocycles. The molecule has 0 saturated heterocycles. The second kappa shape index (κ2) is 4.02. The van der Waals surface area contributed by atoms with Crippen molar-refractivity contribution in [3.63, 3.8) is 0 Å². The van der Waals surface area contributed by atoms with E-state index in [1.54, 1.807) is 0 Å². The van der Waals surface area contributed by atoms with Gasteiger partial charge < -0.3 is 0 Å². The van der Waals surface area contributed by atoms with Gasteiger partial charge in [0.25, 0.3) is 0 Å². The van der Waals surface area contributed by atoms with Gasteiger partial charge in [-0.25, -0.2) is 0 Å². The van der Waals surface area contributed by atoms with Gasteiger partial charge in [0.1, 0.15) is 0 Å². The summed E-state index contributed by atoms with van der Waals surface area (Å²) in [7, 11) is 0. The number of alkyl halides is 6. The fraction of sp³-hybridized carbons (Fsp3) is 0.200. The monoisotopic (exact) mass is 302 g/mol. The van der Waals surface area contributed by atoms with Crippen molar-refractivity contribution in [3.8, 4) is 11.1 Å². The third kappa shape index (κ3) is 1.71. The highest BCUT2D eigenvalue weighted by molar-refractivity contribution is 5.67. The maximum Gasteiger partial charge on any atom is 0.411 e. The Morgan fingerprint density at radius 3 is 1.05 bits per heavy atom. The van der Waals surface area contributed by atoms with E-state index in [-0.39, 0.29) is 0 Å². The van der Waals surface area contributed by atoms with Gasteiger partial charge in [0.15, 0.2) is 0 Å². The van der Waals surface area contributed by atoms with E-state index in [0.29, 0.717) is 11.1 Å². The van der Waals surface area contributed by atoms with Gasteiger partial charge in [0.05, 0.1) is 0 Å². The van der Waals surface area contributed by atoms with Crippen LogP contribution < -0.4 is 0 Å². The lowest BCUT2D eigenvalue weighted by atomic mass is 9.73. The van der Waals surface area contributed by atoms with Gasteiger partial charge >= 0.3 is 12.4 Å². The van der Waals surface area contributed by atoms with Gasteiger partial charge in [-0.2, -0.15) is 26.3 Å². The van der Waals surface area contributed by atoms with E-state index in [1.807, 2.05) is 0 Å². The van der Waals surface area contributed by atoms with Crippen molar-refractivity contribution in [2.75, 3.05) is 0 Å². The number of benzene rings is 2. The molecule has 0 spiro atoms. The Bertz CT molecular complexity index is 600. The van der Waals surface area contributed by atoms with Crippen LogP contribution in [-0.4, -0.2) is 12.4 Å². The Kier molecular flexibility index (Phi) is 2.68. The molecule has 0 N–H and O–H groups in total. The van der Waals surface area contributed by atoms with Crippen LogP contribution in [0.3, 0.4) is 0 Å². The fourth-order valence-corrected chi connectivity index (χ4v) is 2.81. The summed E-state index contributed by atoms with van der Waals surface area (Å²) >= 11 is 0. The molecule has 0 radical (unpaired) electrons. The molecule has 6 rings (SSSR count). The van der Waals surface area contributed by atoms with Gasteiger partial charge in [0, 0.05) is 0 Å². The lowest BCUT2D eigenvalue weighted by Gasteiger charge is -2.38. The van der Waals surface area contributed by atoms with E-state index in [2.05, 4.69) is 0 Å². The minimum absolute atomic E-state index is 0.574. The summed E-state index contributed by atoms with van der Waals surface area (Å²) in [5.74, 6) is 0. The van der Waals surface area contributed by atoms with Crippen molar-refractivity contribution in [2.45, 2.75) is 17.8 Å². The van der Waals surface area contributed by atoms with Gasteiger partial charge in [-0.1, -0.05) is 48.5 Å². The molecular formula is C15H8F6. The number of rotatable bonds is 0. The molecule has 4 bridgehead atoms. The summed E-state index contributed by atoms with van der Waals surface area (Å²) in [5.41, 5.74) is -4.50. The van der Waals surface area contributed by atoms with E-state index >= 15 is 0 Å². The second-order valence-electron chi connectivity index (χ2n) is 4.90. The minimum Gasteiger partial charge on any atom is -0.169 e. The lowest BCUT2D eigenvalue weighted by Crippen LogP contribution is -2.54. The average molecular weight is 302 g/mol. The SMILES string of the molecule is FC(F)(F)C1(C(F)(F)F)c2ccc(cc2)-c2ccc1cc2.